The van der Waals surface area contributed by atoms with Crippen LogP contribution in [-0.4, -0.2) is 5.97 Å². The zero-order chi connectivity index (χ0) is 22.9. The summed E-state index contributed by atoms with van der Waals surface area (Å²) in [5.74, 6) is -6.10. The Morgan fingerprint density at radius 3 is 2.35 bits per heavy atom. The predicted octanol–water partition coefficient (Wildman–Crippen LogP) is 6.12. The van der Waals surface area contributed by atoms with Gasteiger partial charge in [0.25, 0.3) is 6.08 Å². The van der Waals surface area contributed by atoms with Crippen molar-refractivity contribution in [3.63, 3.8) is 0 Å². The molecule has 0 bridgehead atoms. The van der Waals surface area contributed by atoms with Gasteiger partial charge in [0.1, 0.15) is 6.61 Å². The number of halogens is 5. The van der Waals surface area contributed by atoms with Crippen molar-refractivity contribution in [3.8, 4) is 0 Å². The molecule has 0 amide bonds. The lowest BCUT2D eigenvalue weighted by Gasteiger charge is -2.17. The Labute approximate surface area is 176 Å². The van der Waals surface area contributed by atoms with E-state index in [0.717, 1.165) is 12.5 Å². The molecule has 0 unspecified atom stereocenters. The third kappa shape index (κ3) is 4.57. The third-order valence-electron chi connectivity index (χ3n) is 5.78. The van der Waals surface area contributed by atoms with Gasteiger partial charge < -0.3 is 10.1 Å². The van der Waals surface area contributed by atoms with E-state index in [4.69, 9.17) is 4.74 Å². The highest BCUT2D eigenvalue weighted by Gasteiger charge is 2.62. The van der Waals surface area contributed by atoms with Gasteiger partial charge in [0.05, 0.1) is 17.2 Å². The summed E-state index contributed by atoms with van der Waals surface area (Å²) in [7, 11) is 0. The third-order valence-corrected chi connectivity index (χ3v) is 5.78. The number of hydrogen-bond acceptors (Lipinski definition) is 3. The molecule has 0 saturated heterocycles. The molecule has 1 saturated carbocycles. The standard InChI is InChI=1S/C23H22F5NO2/c1-12-18(26)20(28)14(21(19(12)27)29-10-13-7-5-4-6-8-13)11-31-22(30)17-15(9-16(24)25)23(17,2)3/h4-9,15,17,29H,10-11H2,1-3H3/t15-,17+/m1/s1. The van der Waals surface area contributed by atoms with Gasteiger partial charge in [-0.05, 0) is 24.0 Å². The molecule has 1 N–H and O–H groups in total. The minimum Gasteiger partial charge on any atom is -0.460 e. The molecule has 31 heavy (non-hydrogen) atoms. The molecule has 0 spiro atoms. The Morgan fingerprint density at radius 1 is 1.10 bits per heavy atom. The van der Waals surface area contributed by atoms with Gasteiger partial charge in [0.15, 0.2) is 17.5 Å². The maximum absolute atomic E-state index is 14.7. The molecule has 3 nitrogen and oxygen atoms in total. The Kier molecular flexibility index (Phi) is 6.38. The van der Waals surface area contributed by atoms with Crippen LogP contribution in [0.4, 0.5) is 27.6 Å². The predicted molar refractivity (Wildman–Crippen MR) is 106 cm³/mol. The van der Waals surface area contributed by atoms with Crippen LogP contribution in [0.2, 0.25) is 0 Å². The average Bonchev–Trinajstić information content (AvgIpc) is 3.26. The summed E-state index contributed by atoms with van der Waals surface area (Å²) in [6.45, 7) is 3.74. The van der Waals surface area contributed by atoms with E-state index in [-0.39, 0.29) is 12.2 Å². The van der Waals surface area contributed by atoms with Crippen LogP contribution in [0.5, 0.6) is 0 Å². The molecule has 1 aliphatic rings. The van der Waals surface area contributed by atoms with Gasteiger partial charge in [-0.3, -0.25) is 4.79 Å². The monoisotopic (exact) mass is 439 g/mol. The van der Waals surface area contributed by atoms with Crippen LogP contribution in [-0.2, 0) is 22.7 Å². The molecular weight excluding hydrogens is 417 g/mol. The van der Waals surface area contributed by atoms with Crippen molar-refractivity contribution in [1.82, 2.24) is 0 Å². The molecule has 1 fully saturated rings. The number of allylic oxidation sites excluding steroid dienone is 1. The highest BCUT2D eigenvalue weighted by atomic mass is 19.3. The first-order chi connectivity index (χ1) is 14.6. The molecular formula is C23H22F5NO2. The molecule has 1 aliphatic carbocycles. The molecule has 2 aromatic carbocycles. The number of anilines is 1. The summed E-state index contributed by atoms with van der Waals surface area (Å²) < 4.78 is 73.7. The second kappa shape index (κ2) is 8.69. The lowest BCUT2D eigenvalue weighted by atomic mass is 10.1. The number of nitrogens with one attached hydrogen (secondary N) is 1. The van der Waals surface area contributed by atoms with Gasteiger partial charge in [-0.1, -0.05) is 44.2 Å². The first-order valence-corrected chi connectivity index (χ1v) is 9.68. The average molecular weight is 439 g/mol. The smallest absolute Gasteiger partial charge is 0.310 e. The van der Waals surface area contributed by atoms with Crippen molar-refractivity contribution < 1.29 is 31.5 Å². The zero-order valence-electron chi connectivity index (χ0n) is 17.2. The van der Waals surface area contributed by atoms with E-state index in [0.29, 0.717) is 6.08 Å². The SMILES string of the molecule is Cc1c(F)c(F)c(COC(=O)[C@@H]2[C@@H](C=C(F)F)C2(C)C)c(NCc2ccccc2)c1F. The molecule has 2 atom stereocenters. The quantitative estimate of drug-likeness (QED) is 0.321. The Balaban J connectivity index is 1.81. The van der Waals surface area contributed by atoms with Gasteiger partial charge in [-0.2, -0.15) is 8.78 Å². The van der Waals surface area contributed by atoms with Crippen LogP contribution in [0, 0.1) is 41.6 Å². The van der Waals surface area contributed by atoms with E-state index in [1.807, 2.05) is 0 Å². The fourth-order valence-corrected chi connectivity index (χ4v) is 3.74. The van der Waals surface area contributed by atoms with E-state index >= 15 is 0 Å². The van der Waals surface area contributed by atoms with Crippen molar-refractivity contribution in [2.75, 3.05) is 5.32 Å². The normalized spacial score (nSPS) is 19.0. The van der Waals surface area contributed by atoms with Gasteiger partial charge in [0.2, 0.25) is 0 Å². The Morgan fingerprint density at radius 2 is 1.74 bits per heavy atom. The fourth-order valence-electron chi connectivity index (χ4n) is 3.74. The van der Waals surface area contributed by atoms with Crippen molar-refractivity contribution in [2.45, 2.75) is 33.9 Å². The topological polar surface area (TPSA) is 38.3 Å². The molecule has 0 aliphatic heterocycles. The second-order valence-corrected chi connectivity index (χ2v) is 8.15. The van der Waals surface area contributed by atoms with Crippen LogP contribution in [0.3, 0.4) is 0 Å². The highest BCUT2D eigenvalue weighted by molar-refractivity contribution is 5.78. The van der Waals surface area contributed by atoms with E-state index in [2.05, 4.69) is 5.32 Å². The Hall–Kier alpha value is -2.90. The van der Waals surface area contributed by atoms with Crippen molar-refractivity contribution in [3.05, 3.63) is 76.6 Å². The Bertz CT molecular complexity index is 1020. The molecule has 8 heteroatoms. The van der Waals surface area contributed by atoms with Crippen LogP contribution < -0.4 is 5.32 Å². The first-order valence-electron chi connectivity index (χ1n) is 9.68. The van der Waals surface area contributed by atoms with E-state index in [1.54, 1.807) is 44.2 Å². The van der Waals surface area contributed by atoms with Crippen molar-refractivity contribution in [1.29, 1.82) is 0 Å². The molecule has 2 aromatic rings. The van der Waals surface area contributed by atoms with Gasteiger partial charge >= 0.3 is 5.97 Å². The molecule has 0 aromatic heterocycles. The first kappa shape index (κ1) is 22.8. The number of carbonyl (C=O) groups is 1. The number of ether oxygens (including phenoxy) is 1. The molecule has 166 valence electrons. The number of esters is 1. The summed E-state index contributed by atoms with van der Waals surface area (Å²) in [6, 6.07) is 8.88. The fraction of sp³-hybridized carbons (Fsp3) is 0.348. The summed E-state index contributed by atoms with van der Waals surface area (Å²) in [4.78, 5) is 12.4. The minimum absolute atomic E-state index is 0.127. The van der Waals surface area contributed by atoms with E-state index in [1.165, 1.54) is 0 Å². The summed E-state index contributed by atoms with van der Waals surface area (Å²) >= 11 is 0. The largest absolute Gasteiger partial charge is 0.460 e. The lowest BCUT2D eigenvalue weighted by molar-refractivity contribution is -0.147. The van der Waals surface area contributed by atoms with E-state index in [9.17, 15) is 26.7 Å². The second-order valence-electron chi connectivity index (χ2n) is 8.15. The number of hydrogen-bond donors (Lipinski definition) is 1. The van der Waals surface area contributed by atoms with Crippen LogP contribution >= 0.6 is 0 Å². The summed E-state index contributed by atoms with van der Waals surface area (Å²) in [5.41, 5.74) is -1.27. The number of carbonyl (C=O) groups excluding carboxylic acids is 1. The minimum atomic E-state index is -1.91. The lowest BCUT2D eigenvalue weighted by Crippen LogP contribution is -2.15. The molecule has 0 heterocycles. The van der Waals surface area contributed by atoms with Crippen molar-refractivity contribution in [2.24, 2.45) is 17.3 Å². The number of rotatable bonds is 7. The van der Waals surface area contributed by atoms with Crippen LogP contribution in [0.1, 0.15) is 30.5 Å². The zero-order valence-corrected chi connectivity index (χ0v) is 17.2. The van der Waals surface area contributed by atoms with Gasteiger partial charge in [-0.25, -0.2) is 13.2 Å². The molecule has 0 radical (unpaired) electrons. The maximum atomic E-state index is 14.7. The summed E-state index contributed by atoms with van der Waals surface area (Å²) in [5, 5.41) is 2.74. The van der Waals surface area contributed by atoms with Gasteiger partial charge in [-0.15, -0.1) is 0 Å². The summed E-state index contributed by atoms with van der Waals surface area (Å²) in [6.07, 6.45) is -1.22. The van der Waals surface area contributed by atoms with Crippen LogP contribution in [0.15, 0.2) is 42.5 Å². The maximum Gasteiger partial charge on any atom is 0.310 e. The molecule has 3 rings (SSSR count). The van der Waals surface area contributed by atoms with Gasteiger partial charge in [0, 0.05) is 18.0 Å². The van der Waals surface area contributed by atoms with Crippen LogP contribution in [0.25, 0.3) is 0 Å². The number of benzene rings is 2. The van der Waals surface area contributed by atoms with Crippen molar-refractivity contribution >= 4 is 11.7 Å². The highest BCUT2D eigenvalue weighted by Crippen LogP contribution is 2.60. The van der Waals surface area contributed by atoms with E-state index < -0.39 is 64.5 Å².